The highest BCUT2D eigenvalue weighted by molar-refractivity contribution is 7.90. The maximum absolute atomic E-state index is 12.3. The van der Waals surface area contributed by atoms with E-state index in [0.29, 0.717) is 10.9 Å². The lowest BCUT2D eigenvalue weighted by Gasteiger charge is -2.30. The summed E-state index contributed by atoms with van der Waals surface area (Å²) in [5.41, 5.74) is 1.97. The van der Waals surface area contributed by atoms with Gasteiger partial charge in [0, 0.05) is 22.5 Å². The number of aromatic amines is 1. The van der Waals surface area contributed by atoms with Gasteiger partial charge in [-0.3, -0.25) is 0 Å². The molecule has 0 amide bonds. The van der Waals surface area contributed by atoms with Gasteiger partial charge in [-0.05, 0) is 58.6 Å². The van der Waals surface area contributed by atoms with Gasteiger partial charge in [0.05, 0.1) is 16.6 Å². The summed E-state index contributed by atoms with van der Waals surface area (Å²) in [6, 6.07) is 7.70. The van der Waals surface area contributed by atoms with E-state index in [1.54, 1.807) is 20.8 Å². The van der Waals surface area contributed by atoms with Crippen LogP contribution in [0.5, 0.6) is 0 Å². The fourth-order valence-electron chi connectivity index (χ4n) is 3.23. The molecule has 3 rings (SSSR count). The van der Waals surface area contributed by atoms with Crippen LogP contribution in [-0.2, 0) is 10.0 Å². The molecule has 7 heteroatoms. The van der Waals surface area contributed by atoms with E-state index in [9.17, 15) is 8.42 Å². The molecular weight excluding hydrogens is 370 g/mol. The number of nitrogens with one attached hydrogen (secondary N) is 2. The van der Waals surface area contributed by atoms with E-state index in [1.807, 2.05) is 30.5 Å². The molecule has 1 aliphatic rings. The lowest BCUT2D eigenvalue weighted by Crippen LogP contribution is -2.45. The van der Waals surface area contributed by atoms with Crippen molar-refractivity contribution >= 4 is 21.6 Å². The van der Waals surface area contributed by atoms with Crippen LogP contribution in [0, 0.1) is 0 Å². The first kappa shape index (κ1) is 19.4. The average molecular weight is 396 g/mol. The van der Waals surface area contributed by atoms with Gasteiger partial charge in [-0.1, -0.05) is 23.7 Å². The summed E-state index contributed by atoms with van der Waals surface area (Å²) in [5, 5.41) is 0.699. The smallest absolute Gasteiger partial charge is 0.216 e. The fraction of sp³-hybridized carbons (Fsp3) is 0.526. The second-order valence-corrected chi connectivity index (χ2v) is 10.9. The predicted molar refractivity (Wildman–Crippen MR) is 106 cm³/mol. The molecule has 2 N–H and O–H groups in total. The largest absolute Gasteiger partial charge is 0.342 e. The highest BCUT2D eigenvalue weighted by atomic mass is 35.5. The van der Waals surface area contributed by atoms with Crippen LogP contribution in [0.3, 0.4) is 0 Å². The number of rotatable bonds is 4. The number of benzene rings is 1. The summed E-state index contributed by atoms with van der Waals surface area (Å²) in [7, 11) is -3.30. The summed E-state index contributed by atoms with van der Waals surface area (Å²) >= 11 is 6.06. The molecule has 1 aliphatic carbocycles. The third-order valence-electron chi connectivity index (χ3n) is 4.97. The molecule has 0 spiro atoms. The quantitative estimate of drug-likeness (QED) is 0.801. The van der Waals surface area contributed by atoms with E-state index in [-0.39, 0.29) is 6.04 Å². The monoisotopic (exact) mass is 395 g/mol. The van der Waals surface area contributed by atoms with Gasteiger partial charge >= 0.3 is 0 Å². The summed E-state index contributed by atoms with van der Waals surface area (Å²) in [6.45, 7) is 5.17. The maximum Gasteiger partial charge on any atom is 0.216 e. The van der Waals surface area contributed by atoms with E-state index in [2.05, 4.69) is 14.7 Å². The zero-order valence-corrected chi connectivity index (χ0v) is 17.0. The number of hydrogen-bond acceptors (Lipinski definition) is 3. The number of imidazole rings is 1. The fourth-order valence-corrected chi connectivity index (χ4v) is 4.45. The van der Waals surface area contributed by atoms with Gasteiger partial charge in [0.1, 0.15) is 5.82 Å². The lowest BCUT2D eigenvalue weighted by molar-refractivity contribution is 0.364. The van der Waals surface area contributed by atoms with Crippen molar-refractivity contribution in [1.82, 2.24) is 14.7 Å². The minimum absolute atomic E-state index is 0.0119. The van der Waals surface area contributed by atoms with Gasteiger partial charge in [-0.15, -0.1) is 0 Å². The van der Waals surface area contributed by atoms with Crippen LogP contribution < -0.4 is 4.72 Å². The standard InChI is InChI=1S/C19H26ClN3O2S/c1-19(2,3)26(24,25)23-16-9-7-13(8-10-16)18-21-12-17(22-18)14-5-4-6-15(20)11-14/h4-6,11-13,16,23H,7-10H2,1-3H3,(H,21,22). The molecule has 1 saturated carbocycles. The van der Waals surface area contributed by atoms with E-state index >= 15 is 0 Å². The Morgan fingerprint density at radius 2 is 1.88 bits per heavy atom. The minimum Gasteiger partial charge on any atom is -0.342 e. The van der Waals surface area contributed by atoms with E-state index in [0.717, 1.165) is 42.8 Å². The van der Waals surface area contributed by atoms with Gasteiger partial charge in [-0.2, -0.15) is 0 Å². The second kappa shape index (κ2) is 7.33. The summed E-state index contributed by atoms with van der Waals surface area (Å²) in [6.07, 6.45) is 5.33. The molecule has 5 nitrogen and oxygen atoms in total. The van der Waals surface area contributed by atoms with E-state index in [4.69, 9.17) is 11.6 Å². The van der Waals surface area contributed by atoms with Crippen LogP contribution in [0.1, 0.15) is 58.2 Å². The van der Waals surface area contributed by atoms with E-state index in [1.165, 1.54) is 0 Å². The summed E-state index contributed by atoms with van der Waals surface area (Å²) < 4.78 is 26.7. The van der Waals surface area contributed by atoms with Crippen LogP contribution in [0.2, 0.25) is 5.02 Å². The third-order valence-corrected chi connectivity index (χ3v) is 7.46. The second-order valence-electron chi connectivity index (χ2n) is 7.97. The van der Waals surface area contributed by atoms with E-state index < -0.39 is 14.8 Å². The molecule has 0 aliphatic heterocycles. The molecule has 0 radical (unpaired) electrons. The Hall–Kier alpha value is -1.37. The summed E-state index contributed by atoms with van der Waals surface area (Å²) in [4.78, 5) is 7.95. The minimum atomic E-state index is -3.30. The number of H-pyrrole nitrogens is 1. The maximum atomic E-state index is 12.3. The number of aromatic nitrogens is 2. The Kier molecular flexibility index (Phi) is 5.47. The molecule has 2 aromatic rings. The van der Waals surface area contributed by atoms with Gasteiger partial charge in [-0.25, -0.2) is 18.1 Å². The Labute approximate surface area is 160 Å². The van der Waals surface area contributed by atoms with Crippen molar-refractivity contribution in [2.45, 2.75) is 63.2 Å². The van der Waals surface area contributed by atoms with Crippen LogP contribution >= 0.6 is 11.6 Å². The lowest BCUT2D eigenvalue weighted by atomic mass is 9.86. The molecule has 0 bridgehead atoms. The summed E-state index contributed by atoms with van der Waals surface area (Å²) in [5.74, 6) is 1.30. The van der Waals surface area contributed by atoms with Gasteiger partial charge in [0.15, 0.2) is 0 Å². The van der Waals surface area contributed by atoms with Crippen LogP contribution in [0.4, 0.5) is 0 Å². The highest BCUT2D eigenvalue weighted by Gasteiger charge is 2.33. The molecule has 1 aromatic carbocycles. The van der Waals surface area contributed by atoms with Crippen LogP contribution in [0.15, 0.2) is 30.5 Å². The predicted octanol–water partition coefficient (Wildman–Crippen LogP) is 4.47. The molecule has 0 unspecified atom stereocenters. The normalized spacial score (nSPS) is 21.7. The van der Waals surface area contributed by atoms with Crippen LogP contribution in [0.25, 0.3) is 11.3 Å². The Balaban J connectivity index is 1.62. The van der Waals surface area contributed by atoms with Gasteiger partial charge in [0.25, 0.3) is 0 Å². The van der Waals surface area contributed by atoms with Crippen molar-refractivity contribution in [3.8, 4) is 11.3 Å². The number of nitrogens with zero attached hydrogens (tertiary/aromatic N) is 1. The molecule has 0 saturated heterocycles. The molecule has 0 atom stereocenters. The zero-order valence-electron chi connectivity index (χ0n) is 15.4. The Morgan fingerprint density at radius 3 is 2.50 bits per heavy atom. The van der Waals surface area contributed by atoms with Crippen LogP contribution in [-0.4, -0.2) is 29.2 Å². The molecular formula is C19H26ClN3O2S. The van der Waals surface area contributed by atoms with Crippen molar-refractivity contribution in [1.29, 1.82) is 0 Å². The highest BCUT2D eigenvalue weighted by Crippen LogP contribution is 2.33. The average Bonchev–Trinajstić information content (AvgIpc) is 3.04. The molecule has 1 fully saturated rings. The first-order valence-corrected chi connectivity index (χ1v) is 10.8. The number of sulfonamides is 1. The number of hydrogen-bond donors (Lipinski definition) is 2. The molecule has 1 heterocycles. The zero-order chi connectivity index (χ0) is 18.9. The Bertz CT molecular complexity index is 863. The third kappa shape index (κ3) is 4.30. The molecule has 26 heavy (non-hydrogen) atoms. The van der Waals surface area contributed by atoms with Crippen molar-refractivity contribution < 1.29 is 8.42 Å². The molecule has 1 aromatic heterocycles. The van der Waals surface area contributed by atoms with Crippen molar-refractivity contribution in [3.63, 3.8) is 0 Å². The van der Waals surface area contributed by atoms with Crippen molar-refractivity contribution in [3.05, 3.63) is 41.3 Å². The molecule has 142 valence electrons. The van der Waals surface area contributed by atoms with Crippen molar-refractivity contribution in [2.75, 3.05) is 0 Å². The number of halogens is 1. The Morgan fingerprint density at radius 1 is 1.19 bits per heavy atom. The van der Waals surface area contributed by atoms with Gasteiger partial charge in [0.2, 0.25) is 10.0 Å². The van der Waals surface area contributed by atoms with Gasteiger partial charge < -0.3 is 4.98 Å². The SMILES string of the molecule is CC(C)(C)S(=O)(=O)NC1CCC(c2ncc(-c3cccc(Cl)c3)[nH]2)CC1. The first-order chi connectivity index (χ1) is 12.2. The first-order valence-electron chi connectivity index (χ1n) is 8.98. The topological polar surface area (TPSA) is 74.8 Å². The van der Waals surface area contributed by atoms with Crippen molar-refractivity contribution in [2.24, 2.45) is 0 Å².